The maximum atomic E-state index is 11.8. The predicted octanol–water partition coefficient (Wildman–Crippen LogP) is 2.77. The van der Waals surface area contributed by atoms with Crippen LogP contribution >= 0.6 is 0 Å². The lowest BCUT2D eigenvalue weighted by molar-refractivity contribution is 0.0988. The van der Waals surface area contributed by atoms with Crippen molar-refractivity contribution in [2.24, 2.45) is 0 Å². The molecule has 0 saturated heterocycles. The molecule has 0 bridgehead atoms. The molecule has 0 atom stereocenters. The van der Waals surface area contributed by atoms with Crippen LogP contribution in [0, 0.1) is 6.92 Å². The lowest BCUT2D eigenvalue weighted by Crippen LogP contribution is -2.05. The molecule has 1 heterocycles. The summed E-state index contributed by atoms with van der Waals surface area (Å²) in [7, 11) is 0. The van der Waals surface area contributed by atoms with Gasteiger partial charge in [-0.15, -0.1) is 0 Å². The van der Waals surface area contributed by atoms with E-state index in [-0.39, 0.29) is 5.78 Å². The van der Waals surface area contributed by atoms with Crippen LogP contribution in [0.2, 0.25) is 0 Å². The van der Waals surface area contributed by atoms with Crippen molar-refractivity contribution in [1.29, 1.82) is 0 Å². The molecule has 0 unspecified atom stereocenters. The van der Waals surface area contributed by atoms with E-state index in [1.807, 2.05) is 44.3 Å². The highest BCUT2D eigenvalue weighted by Crippen LogP contribution is 2.15. The maximum Gasteiger partial charge on any atom is 0.164 e. The molecule has 82 valence electrons. The average molecular weight is 214 g/mol. The smallest absolute Gasteiger partial charge is 0.164 e. The first-order chi connectivity index (χ1) is 7.72. The first kappa shape index (κ1) is 10.6. The topological polar surface area (TPSA) is 34.9 Å². The van der Waals surface area contributed by atoms with E-state index in [1.54, 1.807) is 10.9 Å². The molecule has 2 aromatic rings. The largest absolute Gasteiger partial charge is 0.294 e. The Morgan fingerprint density at radius 1 is 1.38 bits per heavy atom. The number of hydrogen-bond donors (Lipinski definition) is 0. The zero-order valence-electron chi connectivity index (χ0n) is 9.47. The van der Waals surface area contributed by atoms with Gasteiger partial charge in [0.1, 0.15) is 0 Å². The van der Waals surface area contributed by atoms with Crippen molar-refractivity contribution in [3.05, 3.63) is 47.8 Å². The van der Waals surface area contributed by atoms with E-state index in [2.05, 4.69) is 5.10 Å². The Hall–Kier alpha value is -1.90. The van der Waals surface area contributed by atoms with Crippen LogP contribution in [0.15, 0.2) is 36.7 Å². The van der Waals surface area contributed by atoms with E-state index in [0.717, 1.165) is 16.8 Å². The third kappa shape index (κ3) is 1.89. The van der Waals surface area contributed by atoms with E-state index in [9.17, 15) is 4.79 Å². The Morgan fingerprint density at radius 2 is 2.12 bits per heavy atom. The van der Waals surface area contributed by atoms with Gasteiger partial charge in [-0.25, -0.2) is 4.68 Å². The molecule has 0 aliphatic carbocycles. The molecule has 3 nitrogen and oxygen atoms in total. The fourth-order valence-corrected chi connectivity index (χ4v) is 1.64. The third-order valence-corrected chi connectivity index (χ3v) is 2.48. The number of hydrogen-bond acceptors (Lipinski definition) is 2. The van der Waals surface area contributed by atoms with Crippen molar-refractivity contribution in [1.82, 2.24) is 9.78 Å². The van der Waals surface area contributed by atoms with Crippen LogP contribution in [0.4, 0.5) is 0 Å². The summed E-state index contributed by atoms with van der Waals surface area (Å²) in [4.78, 5) is 11.8. The summed E-state index contributed by atoms with van der Waals surface area (Å²) >= 11 is 0. The first-order valence-electron chi connectivity index (χ1n) is 5.36. The highest BCUT2D eigenvalue weighted by molar-refractivity contribution is 5.99. The van der Waals surface area contributed by atoms with E-state index >= 15 is 0 Å². The molecule has 3 heteroatoms. The third-order valence-electron chi connectivity index (χ3n) is 2.48. The number of carbonyl (C=O) groups excluding carboxylic acids is 1. The normalized spacial score (nSPS) is 10.4. The Kier molecular flexibility index (Phi) is 2.86. The fraction of sp³-hybridized carbons (Fsp3) is 0.231. The number of rotatable bonds is 3. The Balaban J connectivity index is 2.52. The van der Waals surface area contributed by atoms with Gasteiger partial charge < -0.3 is 0 Å². The Labute approximate surface area is 94.7 Å². The van der Waals surface area contributed by atoms with Crippen LogP contribution < -0.4 is 0 Å². The Bertz CT molecular complexity index is 514. The molecule has 0 aliphatic rings. The minimum atomic E-state index is 0.142. The van der Waals surface area contributed by atoms with Crippen LogP contribution in [0.5, 0.6) is 0 Å². The number of aromatic nitrogens is 2. The predicted molar refractivity (Wildman–Crippen MR) is 62.9 cm³/mol. The lowest BCUT2D eigenvalue weighted by atomic mass is 10.1. The van der Waals surface area contributed by atoms with Gasteiger partial charge in [-0.3, -0.25) is 4.79 Å². The Morgan fingerprint density at radius 3 is 2.75 bits per heavy atom. The number of benzene rings is 1. The summed E-state index contributed by atoms with van der Waals surface area (Å²) in [6.45, 7) is 3.85. The molecule has 0 N–H and O–H groups in total. The summed E-state index contributed by atoms with van der Waals surface area (Å²) in [5.74, 6) is 0.142. The van der Waals surface area contributed by atoms with E-state index < -0.39 is 0 Å². The maximum absolute atomic E-state index is 11.8. The van der Waals surface area contributed by atoms with Crippen molar-refractivity contribution in [2.45, 2.75) is 20.3 Å². The number of carbonyl (C=O) groups is 1. The number of Topliss-reactive ketones (excluding diaryl/α,β-unsaturated/α-hetero) is 1. The summed E-state index contributed by atoms with van der Waals surface area (Å²) in [5.41, 5.74) is 2.66. The van der Waals surface area contributed by atoms with Crippen LogP contribution in [0.1, 0.15) is 29.3 Å². The van der Waals surface area contributed by atoms with Gasteiger partial charge in [0.25, 0.3) is 0 Å². The summed E-state index contributed by atoms with van der Waals surface area (Å²) < 4.78 is 1.75. The van der Waals surface area contributed by atoms with Crippen LogP contribution in [0.25, 0.3) is 5.69 Å². The van der Waals surface area contributed by atoms with Crippen molar-refractivity contribution < 1.29 is 4.79 Å². The summed E-state index contributed by atoms with van der Waals surface area (Å²) in [6.07, 6.45) is 4.21. The molecule has 2 rings (SSSR count). The van der Waals surface area contributed by atoms with E-state index in [1.165, 1.54) is 0 Å². The van der Waals surface area contributed by atoms with Crippen LogP contribution in [-0.2, 0) is 0 Å². The lowest BCUT2D eigenvalue weighted by Gasteiger charge is -2.07. The molecule has 0 spiro atoms. The van der Waals surface area contributed by atoms with Crippen molar-refractivity contribution in [2.75, 3.05) is 0 Å². The van der Waals surface area contributed by atoms with Crippen molar-refractivity contribution in [3.63, 3.8) is 0 Å². The van der Waals surface area contributed by atoms with E-state index in [4.69, 9.17) is 0 Å². The van der Waals surface area contributed by atoms with Gasteiger partial charge in [0.2, 0.25) is 0 Å². The number of aryl methyl sites for hydroxylation is 1. The summed E-state index contributed by atoms with van der Waals surface area (Å²) in [6, 6.07) is 7.55. The van der Waals surface area contributed by atoms with Gasteiger partial charge in [-0.2, -0.15) is 5.10 Å². The molecule has 1 aromatic heterocycles. The molecule has 16 heavy (non-hydrogen) atoms. The van der Waals surface area contributed by atoms with Gasteiger partial charge in [0.15, 0.2) is 5.78 Å². The second kappa shape index (κ2) is 4.31. The number of para-hydroxylation sites is 1. The quantitative estimate of drug-likeness (QED) is 0.736. The fourth-order valence-electron chi connectivity index (χ4n) is 1.64. The molecule has 0 fully saturated rings. The second-order valence-electron chi connectivity index (χ2n) is 3.76. The van der Waals surface area contributed by atoms with Gasteiger partial charge >= 0.3 is 0 Å². The first-order valence-corrected chi connectivity index (χ1v) is 5.36. The van der Waals surface area contributed by atoms with Gasteiger partial charge in [0.05, 0.1) is 11.9 Å². The molecule has 0 radical (unpaired) electrons. The zero-order chi connectivity index (χ0) is 11.5. The van der Waals surface area contributed by atoms with Crippen LogP contribution in [-0.4, -0.2) is 15.6 Å². The SMILES string of the molecule is CCC(=O)c1ccccc1-n1cc(C)cn1. The highest BCUT2D eigenvalue weighted by Gasteiger charge is 2.10. The molecule has 0 amide bonds. The molecular weight excluding hydrogens is 200 g/mol. The monoisotopic (exact) mass is 214 g/mol. The summed E-state index contributed by atoms with van der Waals surface area (Å²) in [5, 5.41) is 4.23. The highest BCUT2D eigenvalue weighted by atomic mass is 16.1. The van der Waals surface area contributed by atoms with E-state index in [0.29, 0.717) is 6.42 Å². The minimum Gasteiger partial charge on any atom is -0.294 e. The zero-order valence-corrected chi connectivity index (χ0v) is 9.47. The van der Waals surface area contributed by atoms with Gasteiger partial charge in [-0.05, 0) is 24.6 Å². The molecular formula is C13H14N2O. The average Bonchev–Trinajstić information content (AvgIpc) is 2.75. The van der Waals surface area contributed by atoms with Gasteiger partial charge in [-0.1, -0.05) is 19.1 Å². The van der Waals surface area contributed by atoms with Crippen molar-refractivity contribution >= 4 is 5.78 Å². The molecule has 0 saturated carbocycles. The van der Waals surface area contributed by atoms with Gasteiger partial charge in [0, 0.05) is 18.2 Å². The molecule has 0 aliphatic heterocycles. The number of nitrogens with zero attached hydrogens (tertiary/aromatic N) is 2. The van der Waals surface area contributed by atoms with Crippen LogP contribution in [0.3, 0.4) is 0 Å². The number of ketones is 1. The second-order valence-corrected chi connectivity index (χ2v) is 3.76. The standard InChI is InChI=1S/C13H14N2O/c1-3-13(16)11-6-4-5-7-12(11)15-9-10(2)8-14-15/h4-9H,3H2,1-2H3. The minimum absolute atomic E-state index is 0.142. The van der Waals surface area contributed by atoms with Crippen molar-refractivity contribution in [3.8, 4) is 5.69 Å². The molecule has 1 aromatic carbocycles.